The molecule has 0 saturated carbocycles. The van der Waals surface area contributed by atoms with E-state index < -0.39 is 0 Å². The summed E-state index contributed by atoms with van der Waals surface area (Å²) < 4.78 is 0. The number of rotatable bonds is 3. The predicted octanol–water partition coefficient (Wildman–Crippen LogP) is 3.59. The van der Waals surface area contributed by atoms with Crippen molar-refractivity contribution in [2.75, 3.05) is 16.8 Å². The second-order valence-corrected chi connectivity index (χ2v) is 5.87. The third-order valence-corrected chi connectivity index (χ3v) is 4.15. The lowest BCUT2D eigenvalue weighted by molar-refractivity contribution is -0.117. The zero-order valence-corrected chi connectivity index (χ0v) is 13.5. The lowest BCUT2D eigenvalue weighted by Crippen LogP contribution is -2.24. The maximum absolute atomic E-state index is 12.2. The van der Waals surface area contributed by atoms with Crippen LogP contribution >= 0.6 is 11.6 Å². The fraction of sp³-hybridized carbons (Fsp3) is 0.167. The van der Waals surface area contributed by atoms with Crippen molar-refractivity contribution >= 4 is 34.8 Å². The molecule has 1 heterocycles. The molecule has 120 valence electrons. The first-order valence-electron chi connectivity index (χ1n) is 7.50. The molecule has 1 fully saturated rings. The molecule has 0 atom stereocenters. The summed E-state index contributed by atoms with van der Waals surface area (Å²) >= 11 is 6.26. The fourth-order valence-electron chi connectivity index (χ4n) is 2.61. The van der Waals surface area contributed by atoms with E-state index in [-0.39, 0.29) is 11.8 Å². The molecule has 2 aromatic carbocycles. The molecule has 1 N–H and O–H groups in total. The molecule has 1 aliphatic rings. The summed E-state index contributed by atoms with van der Waals surface area (Å²) in [5.74, 6) is -0.230. The molecule has 2 aromatic rings. The molecule has 0 radical (unpaired) electrons. The third-order valence-electron chi connectivity index (χ3n) is 3.85. The maximum Gasteiger partial charge on any atom is 0.255 e. The van der Waals surface area contributed by atoms with Crippen molar-refractivity contribution in [1.29, 1.82) is 5.26 Å². The topological polar surface area (TPSA) is 73.2 Å². The summed E-state index contributed by atoms with van der Waals surface area (Å²) in [4.78, 5) is 25.7. The molecule has 3 rings (SSSR count). The molecule has 0 unspecified atom stereocenters. The first kappa shape index (κ1) is 16.0. The first-order valence-corrected chi connectivity index (χ1v) is 7.88. The van der Waals surface area contributed by atoms with Crippen molar-refractivity contribution in [2.45, 2.75) is 12.8 Å². The number of hydrogen-bond acceptors (Lipinski definition) is 3. The minimum atomic E-state index is -0.291. The number of nitrogens with one attached hydrogen (secondary N) is 1. The highest BCUT2D eigenvalue weighted by molar-refractivity contribution is 6.34. The zero-order chi connectivity index (χ0) is 17.1. The molecule has 1 aliphatic heterocycles. The highest BCUT2D eigenvalue weighted by Crippen LogP contribution is 2.31. The van der Waals surface area contributed by atoms with Gasteiger partial charge in [0.2, 0.25) is 5.91 Å². The van der Waals surface area contributed by atoms with Gasteiger partial charge in [0.1, 0.15) is 0 Å². The highest BCUT2D eigenvalue weighted by atomic mass is 35.5. The molecule has 6 heteroatoms. The summed E-state index contributed by atoms with van der Waals surface area (Å²) in [7, 11) is 0. The average molecular weight is 340 g/mol. The molecule has 0 aliphatic carbocycles. The van der Waals surface area contributed by atoms with Gasteiger partial charge in [-0.15, -0.1) is 0 Å². The van der Waals surface area contributed by atoms with E-state index in [0.29, 0.717) is 40.5 Å². The Hall–Kier alpha value is -2.84. The number of carbonyl (C=O) groups is 2. The van der Waals surface area contributed by atoms with Gasteiger partial charge in [0.05, 0.1) is 22.3 Å². The lowest BCUT2D eigenvalue weighted by atomic mass is 10.1. The molecule has 24 heavy (non-hydrogen) atoms. The van der Waals surface area contributed by atoms with Crippen LogP contribution in [0.2, 0.25) is 5.02 Å². The van der Waals surface area contributed by atoms with Crippen LogP contribution < -0.4 is 10.2 Å². The number of nitriles is 1. The van der Waals surface area contributed by atoms with Crippen LogP contribution in [0.1, 0.15) is 28.8 Å². The Labute approximate surface area is 144 Å². The van der Waals surface area contributed by atoms with E-state index in [1.54, 1.807) is 47.4 Å². The van der Waals surface area contributed by atoms with E-state index in [1.807, 2.05) is 6.07 Å². The van der Waals surface area contributed by atoms with Gasteiger partial charge in [0.15, 0.2) is 0 Å². The second-order valence-electron chi connectivity index (χ2n) is 5.46. The van der Waals surface area contributed by atoms with Crippen LogP contribution in [0.4, 0.5) is 11.4 Å². The van der Waals surface area contributed by atoms with Crippen molar-refractivity contribution < 1.29 is 9.59 Å². The van der Waals surface area contributed by atoms with Crippen LogP contribution in [0, 0.1) is 11.3 Å². The Morgan fingerprint density at radius 2 is 1.96 bits per heavy atom. The van der Waals surface area contributed by atoms with Crippen molar-refractivity contribution in [3.8, 4) is 6.07 Å². The lowest BCUT2D eigenvalue weighted by Gasteiger charge is -2.18. The molecular formula is C18H14ClN3O2. The highest BCUT2D eigenvalue weighted by Gasteiger charge is 2.23. The van der Waals surface area contributed by atoms with Crippen molar-refractivity contribution in [1.82, 2.24) is 0 Å². The third kappa shape index (κ3) is 3.24. The van der Waals surface area contributed by atoms with Gasteiger partial charge in [-0.05, 0) is 48.9 Å². The minimum Gasteiger partial charge on any atom is -0.322 e. The average Bonchev–Trinajstić information content (AvgIpc) is 3.01. The summed E-state index contributed by atoms with van der Waals surface area (Å²) in [6.45, 7) is 0.662. The number of nitrogens with zero attached hydrogens (tertiary/aromatic N) is 2. The Bertz CT molecular complexity index is 840. The molecule has 0 spiro atoms. The molecule has 0 bridgehead atoms. The Morgan fingerprint density at radius 3 is 2.54 bits per heavy atom. The van der Waals surface area contributed by atoms with Gasteiger partial charge in [-0.2, -0.15) is 5.26 Å². The van der Waals surface area contributed by atoms with Gasteiger partial charge in [-0.25, -0.2) is 0 Å². The summed E-state index contributed by atoms with van der Waals surface area (Å²) in [6.07, 6.45) is 1.36. The van der Waals surface area contributed by atoms with Crippen LogP contribution in [-0.4, -0.2) is 18.4 Å². The van der Waals surface area contributed by atoms with E-state index in [1.165, 1.54) is 0 Å². The summed E-state index contributed by atoms with van der Waals surface area (Å²) in [6, 6.07) is 13.4. The van der Waals surface area contributed by atoms with Gasteiger partial charge in [0, 0.05) is 24.2 Å². The smallest absolute Gasteiger partial charge is 0.255 e. The van der Waals surface area contributed by atoms with Crippen LogP contribution in [0.15, 0.2) is 42.5 Å². The summed E-state index contributed by atoms with van der Waals surface area (Å²) in [5, 5.41) is 11.9. The van der Waals surface area contributed by atoms with Gasteiger partial charge in [0.25, 0.3) is 5.91 Å². The Morgan fingerprint density at radius 1 is 1.21 bits per heavy atom. The number of anilines is 2. The van der Waals surface area contributed by atoms with Crippen LogP contribution in [0.5, 0.6) is 0 Å². The van der Waals surface area contributed by atoms with Crippen LogP contribution in [-0.2, 0) is 4.79 Å². The largest absolute Gasteiger partial charge is 0.322 e. The number of amides is 2. The first-order chi connectivity index (χ1) is 11.6. The predicted molar refractivity (Wildman–Crippen MR) is 92.1 cm³/mol. The van der Waals surface area contributed by atoms with E-state index in [9.17, 15) is 9.59 Å². The fourth-order valence-corrected chi connectivity index (χ4v) is 2.89. The van der Waals surface area contributed by atoms with E-state index >= 15 is 0 Å². The Kier molecular flexibility index (Phi) is 4.50. The second kappa shape index (κ2) is 6.73. The van der Waals surface area contributed by atoms with Gasteiger partial charge < -0.3 is 10.2 Å². The number of benzene rings is 2. The van der Waals surface area contributed by atoms with Crippen molar-refractivity contribution in [3.63, 3.8) is 0 Å². The van der Waals surface area contributed by atoms with Crippen molar-refractivity contribution in [3.05, 3.63) is 58.6 Å². The zero-order valence-electron chi connectivity index (χ0n) is 12.8. The molecular weight excluding hydrogens is 326 g/mol. The van der Waals surface area contributed by atoms with E-state index in [0.717, 1.165) is 6.42 Å². The van der Waals surface area contributed by atoms with Crippen LogP contribution in [0.25, 0.3) is 0 Å². The van der Waals surface area contributed by atoms with E-state index in [4.69, 9.17) is 16.9 Å². The quantitative estimate of drug-likeness (QED) is 0.928. The molecule has 0 aromatic heterocycles. The standard InChI is InChI=1S/C18H14ClN3O2/c19-15-10-14(7-8-16(15)22-9-1-2-17(22)23)21-18(24)13-5-3-12(11-20)4-6-13/h3-8,10H,1-2,9H2,(H,21,24). The van der Waals surface area contributed by atoms with Crippen LogP contribution in [0.3, 0.4) is 0 Å². The van der Waals surface area contributed by atoms with Gasteiger partial charge in [-0.1, -0.05) is 11.6 Å². The molecule has 1 saturated heterocycles. The SMILES string of the molecule is N#Cc1ccc(C(=O)Nc2ccc(N3CCCC3=O)c(Cl)c2)cc1. The maximum atomic E-state index is 12.2. The molecule has 5 nitrogen and oxygen atoms in total. The van der Waals surface area contributed by atoms with Gasteiger partial charge >= 0.3 is 0 Å². The van der Waals surface area contributed by atoms with Crippen molar-refractivity contribution in [2.24, 2.45) is 0 Å². The van der Waals surface area contributed by atoms with E-state index in [2.05, 4.69) is 5.32 Å². The Balaban J connectivity index is 1.75. The minimum absolute atomic E-state index is 0.0614. The number of carbonyl (C=O) groups excluding carboxylic acids is 2. The monoisotopic (exact) mass is 339 g/mol. The number of hydrogen-bond donors (Lipinski definition) is 1. The summed E-state index contributed by atoms with van der Waals surface area (Å²) in [5.41, 5.74) is 2.15. The normalized spacial score (nSPS) is 13.7. The molecule has 2 amide bonds. The number of halogens is 1. The van der Waals surface area contributed by atoms with Gasteiger partial charge in [-0.3, -0.25) is 9.59 Å².